The average Bonchev–Trinajstić information content (AvgIpc) is 3.08. The summed E-state index contributed by atoms with van der Waals surface area (Å²) in [6, 6.07) is 15.3. The van der Waals surface area contributed by atoms with Gasteiger partial charge in [0.15, 0.2) is 11.5 Å². The van der Waals surface area contributed by atoms with Gasteiger partial charge in [-0.15, -0.1) is 0 Å². The van der Waals surface area contributed by atoms with Gasteiger partial charge >= 0.3 is 0 Å². The lowest BCUT2D eigenvalue weighted by Crippen LogP contribution is -2.00. The molecule has 122 valence electrons. The zero-order valence-corrected chi connectivity index (χ0v) is 13.0. The standard InChI is InChI=1S/C19H12FN3O2/c20-13-3-1-2-12(6-13)16-8-14(15(9-21)19(22)23-16)11-4-5-17-18(7-11)25-10-24-17/h1-8H,10H2,(H2,22,23). The molecule has 0 amide bonds. The highest BCUT2D eigenvalue weighted by Gasteiger charge is 2.18. The minimum atomic E-state index is -0.369. The van der Waals surface area contributed by atoms with Crippen LogP contribution in [0.5, 0.6) is 11.5 Å². The summed E-state index contributed by atoms with van der Waals surface area (Å²) < 4.78 is 24.2. The number of anilines is 1. The normalized spacial score (nSPS) is 12.0. The number of nitrogen functional groups attached to an aromatic ring is 1. The van der Waals surface area contributed by atoms with E-state index in [-0.39, 0.29) is 24.0 Å². The van der Waals surface area contributed by atoms with Crippen LogP contribution in [0.1, 0.15) is 5.56 Å². The van der Waals surface area contributed by atoms with Gasteiger partial charge < -0.3 is 15.2 Å². The molecule has 25 heavy (non-hydrogen) atoms. The summed E-state index contributed by atoms with van der Waals surface area (Å²) in [5.74, 6) is 0.975. The van der Waals surface area contributed by atoms with Crippen LogP contribution in [0.3, 0.4) is 0 Å². The predicted molar refractivity (Wildman–Crippen MR) is 90.3 cm³/mol. The topological polar surface area (TPSA) is 81.2 Å². The summed E-state index contributed by atoms with van der Waals surface area (Å²) in [6.45, 7) is 0.164. The van der Waals surface area contributed by atoms with Crippen LogP contribution in [-0.2, 0) is 0 Å². The monoisotopic (exact) mass is 333 g/mol. The number of fused-ring (bicyclic) bond motifs is 1. The van der Waals surface area contributed by atoms with Crippen molar-refractivity contribution in [2.75, 3.05) is 12.5 Å². The van der Waals surface area contributed by atoms with Gasteiger partial charge in [-0.1, -0.05) is 18.2 Å². The molecule has 1 aliphatic rings. The molecule has 1 aromatic heterocycles. The van der Waals surface area contributed by atoms with Gasteiger partial charge in [-0.3, -0.25) is 0 Å². The molecule has 4 rings (SSSR count). The Labute approximate surface area is 143 Å². The summed E-state index contributed by atoms with van der Waals surface area (Å²) in [6.07, 6.45) is 0. The fourth-order valence-electron chi connectivity index (χ4n) is 2.77. The lowest BCUT2D eigenvalue weighted by atomic mass is 9.98. The van der Waals surface area contributed by atoms with Crippen LogP contribution in [0.25, 0.3) is 22.4 Å². The fourth-order valence-corrected chi connectivity index (χ4v) is 2.77. The van der Waals surface area contributed by atoms with E-state index in [2.05, 4.69) is 11.1 Å². The van der Waals surface area contributed by atoms with E-state index in [1.54, 1.807) is 30.3 Å². The van der Waals surface area contributed by atoms with Crippen molar-refractivity contribution in [2.45, 2.75) is 0 Å². The van der Waals surface area contributed by atoms with Gasteiger partial charge in [0.05, 0.1) is 5.69 Å². The zero-order chi connectivity index (χ0) is 17.4. The van der Waals surface area contributed by atoms with E-state index >= 15 is 0 Å². The molecule has 1 aliphatic heterocycles. The third kappa shape index (κ3) is 2.62. The average molecular weight is 333 g/mol. The number of aromatic nitrogens is 1. The Balaban J connectivity index is 1.90. The van der Waals surface area contributed by atoms with Gasteiger partial charge in [-0.05, 0) is 35.9 Å². The SMILES string of the molecule is N#Cc1c(-c2ccc3c(c2)OCO3)cc(-c2cccc(F)c2)nc1N. The number of hydrogen-bond donors (Lipinski definition) is 1. The molecule has 2 N–H and O–H groups in total. The van der Waals surface area contributed by atoms with Crippen LogP contribution < -0.4 is 15.2 Å². The molecule has 5 nitrogen and oxygen atoms in total. The molecule has 2 heterocycles. The van der Waals surface area contributed by atoms with E-state index in [1.807, 2.05) is 6.07 Å². The number of nitriles is 1. The number of nitrogens with two attached hydrogens (primary N) is 1. The third-order valence-corrected chi connectivity index (χ3v) is 3.96. The van der Waals surface area contributed by atoms with Gasteiger partial charge in [0, 0.05) is 11.1 Å². The third-order valence-electron chi connectivity index (χ3n) is 3.96. The van der Waals surface area contributed by atoms with E-state index in [4.69, 9.17) is 15.2 Å². The quantitative estimate of drug-likeness (QED) is 0.772. The maximum absolute atomic E-state index is 13.5. The molecule has 0 spiro atoms. The Morgan fingerprint density at radius 1 is 1.04 bits per heavy atom. The Kier molecular flexibility index (Phi) is 3.47. The highest BCUT2D eigenvalue weighted by Crippen LogP contribution is 2.38. The Bertz CT molecular complexity index is 1030. The molecule has 0 fully saturated rings. The maximum atomic E-state index is 13.5. The van der Waals surface area contributed by atoms with Gasteiger partial charge in [0.25, 0.3) is 0 Å². The fraction of sp³-hybridized carbons (Fsp3) is 0.0526. The zero-order valence-electron chi connectivity index (χ0n) is 13.0. The first-order valence-corrected chi connectivity index (χ1v) is 7.52. The molecular weight excluding hydrogens is 321 g/mol. The van der Waals surface area contributed by atoms with Crippen molar-refractivity contribution in [1.29, 1.82) is 5.26 Å². The van der Waals surface area contributed by atoms with Crippen molar-refractivity contribution in [3.63, 3.8) is 0 Å². The first kappa shape index (κ1) is 15.0. The van der Waals surface area contributed by atoms with Crippen molar-refractivity contribution in [1.82, 2.24) is 4.98 Å². The van der Waals surface area contributed by atoms with E-state index in [0.717, 1.165) is 5.56 Å². The maximum Gasteiger partial charge on any atom is 0.231 e. The number of nitrogens with zero attached hydrogens (tertiary/aromatic N) is 2. The molecular formula is C19H12FN3O2. The van der Waals surface area contributed by atoms with E-state index < -0.39 is 0 Å². The highest BCUT2D eigenvalue weighted by atomic mass is 19.1. The summed E-state index contributed by atoms with van der Waals surface area (Å²) in [5.41, 5.74) is 8.66. The van der Waals surface area contributed by atoms with Gasteiger partial charge in [-0.2, -0.15) is 5.26 Å². The van der Waals surface area contributed by atoms with E-state index in [0.29, 0.717) is 28.3 Å². The lowest BCUT2D eigenvalue weighted by Gasteiger charge is -2.11. The first-order chi connectivity index (χ1) is 12.2. The van der Waals surface area contributed by atoms with Crippen LogP contribution in [0.2, 0.25) is 0 Å². The minimum absolute atomic E-state index is 0.0944. The smallest absolute Gasteiger partial charge is 0.231 e. The largest absolute Gasteiger partial charge is 0.454 e. The van der Waals surface area contributed by atoms with Gasteiger partial charge in [0.1, 0.15) is 23.3 Å². The van der Waals surface area contributed by atoms with Crippen LogP contribution in [0.15, 0.2) is 48.5 Å². The summed E-state index contributed by atoms with van der Waals surface area (Å²) in [4.78, 5) is 4.25. The number of ether oxygens (including phenoxy) is 2. The highest BCUT2D eigenvalue weighted by molar-refractivity contribution is 5.81. The van der Waals surface area contributed by atoms with Crippen molar-refractivity contribution in [3.05, 3.63) is 59.9 Å². The second-order valence-corrected chi connectivity index (χ2v) is 5.51. The van der Waals surface area contributed by atoms with Crippen LogP contribution in [-0.4, -0.2) is 11.8 Å². The van der Waals surface area contributed by atoms with Crippen molar-refractivity contribution >= 4 is 5.82 Å². The van der Waals surface area contributed by atoms with Crippen molar-refractivity contribution < 1.29 is 13.9 Å². The predicted octanol–water partition coefficient (Wildman–Crippen LogP) is 3.74. The van der Waals surface area contributed by atoms with E-state index in [9.17, 15) is 9.65 Å². The van der Waals surface area contributed by atoms with Crippen molar-refractivity contribution in [3.8, 4) is 40.0 Å². The summed E-state index contributed by atoms with van der Waals surface area (Å²) in [7, 11) is 0. The number of pyridine rings is 1. The number of hydrogen-bond acceptors (Lipinski definition) is 5. The molecule has 2 aromatic carbocycles. The Morgan fingerprint density at radius 2 is 1.88 bits per heavy atom. The molecule has 0 radical (unpaired) electrons. The number of rotatable bonds is 2. The van der Waals surface area contributed by atoms with E-state index in [1.165, 1.54) is 12.1 Å². The van der Waals surface area contributed by atoms with Crippen LogP contribution >= 0.6 is 0 Å². The number of benzene rings is 2. The van der Waals surface area contributed by atoms with Crippen LogP contribution in [0, 0.1) is 17.1 Å². The molecule has 0 unspecified atom stereocenters. The molecule has 0 bridgehead atoms. The molecule has 0 saturated heterocycles. The first-order valence-electron chi connectivity index (χ1n) is 7.52. The molecule has 6 heteroatoms. The summed E-state index contributed by atoms with van der Waals surface area (Å²) >= 11 is 0. The molecule has 0 aliphatic carbocycles. The second kappa shape index (κ2) is 5.80. The Morgan fingerprint density at radius 3 is 2.68 bits per heavy atom. The lowest BCUT2D eigenvalue weighted by molar-refractivity contribution is 0.174. The molecule has 0 saturated carbocycles. The Hall–Kier alpha value is -3.59. The second-order valence-electron chi connectivity index (χ2n) is 5.51. The minimum Gasteiger partial charge on any atom is -0.454 e. The molecule has 0 atom stereocenters. The molecule has 3 aromatic rings. The van der Waals surface area contributed by atoms with Crippen LogP contribution in [0.4, 0.5) is 10.2 Å². The van der Waals surface area contributed by atoms with Gasteiger partial charge in [-0.25, -0.2) is 9.37 Å². The summed E-state index contributed by atoms with van der Waals surface area (Å²) in [5, 5.41) is 9.47. The van der Waals surface area contributed by atoms with Crippen molar-refractivity contribution in [2.24, 2.45) is 0 Å². The number of halogens is 1. The van der Waals surface area contributed by atoms with Gasteiger partial charge in [0.2, 0.25) is 6.79 Å².